The number of H-pyrrole nitrogens is 1. The Morgan fingerprint density at radius 1 is 1.33 bits per heavy atom. The smallest absolute Gasteiger partial charge is 0.355 e. The Morgan fingerprint density at radius 3 is 2.67 bits per heavy atom. The summed E-state index contributed by atoms with van der Waals surface area (Å²) in [6.07, 6.45) is 3.16. The largest absolute Gasteiger partial charge is 0.461 e. The third-order valence-corrected chi connectivity index (χ3v) is 2.79. The van der Waals surface area contributed by atoms with Gasteiger partial charge in [-0.2, -0.15) is 0 Å². The molecule has 0 fully saturated rings. The van der Waals surface area contributed by atoms with Crippen LogP contribution in [0.25, 0.3) is 0 Å². The Kier molecular flexibility index (Phi) is 5.51. The molecule has 98 valence electrons. The molecule has 3 heteroatoms. The van der Waals surface area contributed by atoms with Crippen LogP contribution in [0, 0.1) is 25.7 Å². The lowest BCUT2D eigenvalue weighted by Crippen LogP contribution is -2.06. The van der Waals surface area contributed by atoms with Crippen LogP contribution in [0.15, 0.2) is 0 Å². The van der Waals surface area contributed by atoms with Gasteiger partial charge in [-0.05, 0) is 32.8 Å². The first-order valence-electron chi connectivity index (χ1n) is 6.46. The molecule has 0 aliphatic heterocycles. The summed E-state index contributed by atoms with van der Waals surface area (Å²) >= 11 is 0. The van der Waals surface area contributed by atoms with Gasteiger partial charge in [0.2, 0.25) is 0 Å². The van der Waals surface area contributed by atoms with Crippen molar-refractivity contribution in [1.82, 2.24) is 4.98 Å². The fraction of sp³-hybridized carbons (Fsp3) is 0.533. The summed E-state index contributed by atoms with van der Waals surface area (Å²) in [5.41, 5.74) is 3.26. The fourth-order valence-electron chi connectivity index (χ4n) is 1.76. The Morgan fingerprint density at radius 2 is 2.06 bits per heavy atom. The summed E-state index contributed by atoms with van der Waals surface area (Å²) in [7, 11) is 0. The number of aryl methyl sites for hydroxylation is 1. The van der Waals surface area contributed by atoms with Crippen LogP contribution < -0.4 is 0 Å². The summed E-state index contributed by atoms with van der Waals surface area (Å²) in [5, 5.41) is 0. The van der Waals surface area contributed by atoms with E-state index in [-0.39, 0.29) is 5.97 Å². The minimum atomic E-state index is -0.306. The van der Waals surface area contributed by atoms with E-state index in [1.54, 1.807) is 6.92 Å². The number of aromatic amines is 1. The van der Waals surface area contributed by atoms with E-state index in [2.05, 4.69) is 23.7 Å². The lowest BCUT2D eigenvalue weighted by atomic mass is 10.1. The number of carbonyl (C=O) groups is 1. The van der Waals surface area contributed by atoms with E-state index in [4.69, 9.17) is 4.74 Å². The second kappa shape index (κ2) is 6.90. The minimum absolute atomic E-state index is 0.306. The molecule has 0 aliphatic rings. The number of carbonyl (C=O) groups excluding carboxylic acids is 1. The Hall–Kier alpha value is -1.69. The fourth-order valence-corrected chi connectivity index (χ4v) is 1.76. The van der Waals surface area contributed by atoms with Gasteiger partial charge in [-0.25, -0.2) is 4.79 Å². The summed E-state index contributed by atoms with van der Waals surface area (Å²) < 4.78 is 5.00. The number of esters is 1. The molecule has 1 aromatic rings. The molecule has 0 aromatic carbocycles. The van der Waals surface area contributed by atoms with Gasteiger partial charge in [-0.1, -0.05) is 25.2 Å². The van der Waals surface area contributed by atoms with Crippen LogP contribution in [-0.4, -0.2) is 17.6 Å². The van der Waals surface area contributed by atoms with Gasteiger partial charge in [0, 0.05) is 17.7 Å². The van der Waals surface area contributed by atoms with Crippen molar-refractivity contribution in [3.8, 4) is 11.8 Å². The van der Waals surface area contributed by atoms with Gasteiger partial charge in [0.15, 0.2) is 0 Å². The molecule has 18 heavy (non-hydrogen) atoms. The standard InChI is InChI=1S/C15H21NO2/c1-5-7-8-9-10-13-11(3)14(16-12(13)4)15(17)18-6-2/h16H,5-8H2,1-4H3. The van der Waals surface area contributed by atoms with E-state index < -0.39 is 0 Å². The van der Waals surface area contributed by atoms with Crippen molar-refractivity contribution >= 4 is 5.97 Å². The summed E-state index contributed by atoms with van der Waals surface area (Å²) in [6, 6.07) is 0. The van der Waals surface area contributed by atoms with Crippen LogP contribution in [0.3, 0.4) is 0 Å². The molecule has 0 spiro atoms. The normalized spacial score (nSPS) is 9.78. The summed E-state index contributed by atoms with van der Waals surface area (Å²) in [5.74, 6) is 5.98. The molecule has 1 rings (SSSR count). The highest BCUT2D eigenvalue weighted by molar-refractivity contribution is 5.90. The zero-order valence-electron chi connectivity index (χ0n) is 11.6. The Balaban J connectivity index is 2.92. The van der Waals surface area contributed by atoms with Gasteiger partial charge < -0.3 is 9.72 Å². The monoisotopic (exact) mass is 247 g/mol. The maximum absolute atomic E-state index is 11.7. The van der Waals surface area contributed by atoms with Crippen molar-refractivity contribution in [2.45, 2.75) is 47.0 Å². The number of hydrogen-bond donors (Lipinski definition) is 1. The summed E-state index contributed by atoms with van der Waals surface area (Å²) in [6.45, 7) is 8.16. The van der Waals surface area contributed by atoms with Crippen molar-refractivity contribution in [2.75, 3.05) is 6.61 Å². The molecule has 0 saturated carbocycles. The molecular weight excluding hydrogens is 226 g/mol. The van der Waals surface area contributed by atoms with E-state index in [1.807, 2.05) is 13.8 Å². The molecule has 3 nitrogen and oxygen atoms in total. The van der Waals surface area contributed by atoms with Gasteiger partial charge in [0.1, 0.15) is 5.69 Å². The van der Waals surface area contributed by atoms with E-state index >= 15 is 0 Å². The number of rotatable bonds is 4. The molecule has 0 atom stereocenters. The van der Waals surface area contributed by atoms with Crippen molar-refractivity contribution in [2.24, 2.45) is 0 Å². The van der Waals surface area contributed by atoms with Crippen LogP contribution >= 0.6 is 0 Å². The first-order chi connectivity index (χ1) is 8.61. The third kappa shape index (κ3) is 3.40. The topological polar surface area (TPSA) is 42.1 Å². The number of hydrogen-bond acceptors (Lipinski definition) is 2. The predicted molar refractivity (Wildman–Crippen MR) is 72.6 cm³/mol. The van der Waals surface area contributed by atoms with Gasteiger partial charge >= 0.3 is 5.97 Å². The van der Waals surface area contributed by atoms with Crippen molar-refractivity contribution in [3.05, 3.63) is 22.5 Å². The molecule has 0 saturated heterocycles. The molecule has 0 aliphatic carbocycles. The highest BCUT2D eigenvalue weighted by Crippen LogP contribution is 2.17. The molecule has 0 radical (unpaired) electrons. The highest BCUT2D eigenvalue weighted by atomic mass is 16.5. The molecule has 0 bridgehead atoms. The molecular formula is C15H21NO2. The second-order valence-corrected chi connectivity index (χ2v) is 4.25. The van der Waals surface area contributed by atoms with E-state index in [1.165, 1.54) is 0 Å². The summed E-state index contributed by atoms with van der Waals surface area (Å²) in [4.78, 5) is 14.8. The van der Waals surface area contributed by atoms with Crippen molar-refractivity contribution in [3.63, 3.8) is 0 Å². The van der Waals surface area contributed by atoms with Crippen molar-refractivity contribution in [1.29, 1.82) is 0 Å². The van der Waals surface area contributed by atoms with E-state index in [0.29, 0.717) is 12.3 Å². The van der Waals surface area contributed by atoms with Crippen LogP contribution in [0.5, 0.6) is 0 Å². The van der Waals surface area contributed by atoms with Crippen LogP contribution in [0.1, 0.15) is 60.4 Å². The van der Waals surface area contributed by atoms with Crippen LogP contribution in [-0.2, 0) is 4.74 Å². The Labute approximate surface area is 109 Å². The van der Waals surface area contributed by atoms with Gasteiger partial charge in [-0.15, -0.1) is 0 Å². The molecule has 1 heterocycles. The number of aromatic nitrogens is 1. The van der Waals surface area contributed by atoms with Gasteiger partial charge in [-0.3, -0.25) is 0 Å². The number of nitrogens with one attached hydrogen (secondary N) is 1. The quantitative estimate of drug-likeness (QED) is 0.503. The first-order valence-corrected chi connectivity index (χ1v) is 6.46. The molecule has 1 aromatic heterocycles. The lowest BCUT2D eigenvalue weighted by Gasteiger charge is -1.99. The minimum Gasteiger partial charge on any atom is -0.461 e. The number of ether oxygens (including phenoxy) is 1. The maximum atomic E-state index is 11.7. The zero-order chi connectivity index (χ0) is 13.5. The molecule has 0 unspecified atom stereocenters. The van der Waals surface area contributed by atoms with E-state index in [0.717, 1.165) is 36.1 Å². The Bertz CT molecular complexity index is 475. The number of unbranched alkanes of at least 4 members (excludes halogenated alkanes) is 2. The van der Waals surface area contributed by atoms with Gasteiger partial charge in [0.05, 0.1) is 6.61 Å². The average Bonchev–Trinajstić information content (AvgIpc) is 2.62. The van der Waals surface area contributed by atoms with Crippen LogP contribution in [0.2, 0.25) is 0 Å². The first kappa shape index (κ1) is 14.4. The average molecular weight is 247 g/mol. The maximum Gasteiger partial charge on any atom is 0.355 e. The van der Waals surface area contributed by atoms with Crippen LogP contribution in [0.4, 0.5) is 0 Å². The second-order valence-electron chi connectivity index (χ2n) is 4.25. The molecule has 1 N–H and O–H groups in total. The SMILES string of the molecule is CCCCC#Cc1c(C)[nH]c(C(=O)OCC)c1C. The van der Waals surface area contributed by atoms with Gasteiger partial charge in [0.25, 0.3) is 0 Å². The van der Waals surface area contributed by atoms with E-state index in [9.17, 15) is 4.79 Å². The predicted octanol–water partition coefficient (Wildman–Crippen LogP) is 3.35. The molecule has 0 amide bonds. The third-order valence-electron chi connectivity index (χ3n) is 2.79. The highest BCUT2D eigenvalue weighted by Gasteiger charge is 2.16. The van der Waals surface area contributed by atoms with Crippen molar-refractivity contribution < 1.29 is 9.53 Å². The zero-order valence-corrected chi connectivity index (χ0v) is 11.6. The lowest BCUT2D eigenvalue weighted by molar-refractivity contribution is 0.0519.